The largest absolute Gasteiger partial charge is 0.481 e. The number of carboxylic acid groups (broad SMARTS) is 2. The van der Waals surface area contributed by atoms with Gasteiger partial charge in [0.05, 0.1) is 32.4 Å². The molecule has 0 radical (unpaired) electrons. The quantitative estimate of drug-likeness (QED) is 0.376. The number of carbonyl (C=O) groups excluding carboxylic acids is 2. The molecule has 2 rings (SSSR count). The second-order valence-electron chi connectivity index (χ2n) is 10.1. The fourth-order valence-electron chi connectivity index (χ4n) is 3.53. The first kappa shape index (κ1) is 29.5. The molecular formula is C26H32O8S2. The van der Waals surface area contributed by atoms with Gasteiger partial charge >= 0.3 is 11.9 Å². The Hall–Kier alpha value is -2.72. The van der Waals surface area contributed by atoms with Crippen molar-refractivity contribution in [3.8, 4) is 0 Å². The van der Waals surface area contributed by atoms with Gasteiger partial charge in [-0.2, -0.15) is 0 Å². The van der Waals surface area contributed by atoms with Crippen LogP contribution in [0.5, 0.6) is 0 Å². The van der Waals surface area contributed by atoms with Gasteiger partial charge < -0.3 is 10.2 Å². The molecule has 0 saturated carbocycles. The van der Waals surface area contributed by atoms with Crippen molar-refractivity contribution in [3.05, 3.63) is 56.1 Å². The highest BCUT2D eigenvalue weighted by atomic mass is 32.2. The highest BCUT2D eigenvalue weighted by Gasteiger charge is 2.28. The monoisotopic (exact) mass is 536 g/mol. The van der Waals surface area contributed by atoms with E-state index in [2.05, 4.69) is 0 Å². The fraction of sp³-hybridized carbons (Fsp3) is 0.462. The van der Waals surface area contributed by atoms with Crippen molar-refractivity contribution in [2.24, 2.45) is 10.8 Å². The molecule has 2 unspecified atom stereocenters. The Morgan fingerprint density at radius 3 is 1.36 bits per heavy atom. The van der Waals surface area contributed by atoms with Crippen LogP contribution in [0.3, 0.4) is 0 Å². The van der Waals surface area contributed by atoms with Crippen LogP contribution in [0.15, 0.2) is 56.1 Å². The van der Waals surface area contributed by atoms with E-state index in [0.29, 0.717) is 48.3 Å². The van der Waals surface area contributed by atoms with E-state index in [0.717, 1.165) is 0 Å². The van der Waals surface area contributed by atoms with Gasteiger partial charge in [-0.05, 0) is 90.5 Å². The lowest BCUT2D eigenvalue weighted by molar-refractivity contribution is -0.148. The third kappa shape index (κ3) is 7.89. The SMILES string of the molecule is CC(C)(CCCC1=CC(=O)C=C(/C=C\C2=CC(=O)C=C(CCCC(C)(C)C(=O)O)S2=O)S1=O)C(=O)O. The van der Waals surface area contributed by atoms with Crippen molar-refractivity contribution in [3.63, 3.8) is 0 Å². The van der Waals surface area contributed by atoms with Gasteiger partial charge in [-0.15, -0.1) is 0 Å². The van der Waals surface area contributed by atoms with E-state index in [9.17, 15) is 37.8 Å². The van der Waals surface area contributed by atoms with Gasteiger partial charge in [0.1, 0.15) is 0 Å². The first-order valence-electron chi connectivity index (χ1n) is 11.5. The fourth-order valence-corrected chi connectivity index (χ4v) is 6.08. The predicted molar refractivity (Wildman–Crippen MR) is 138 cm³/mol. The molecule has 2 aliphatic rings. The topological polar surface area (TPSA) is 143 Å². The van der Waals surface area contributed by atoms with E-state index in [-0.39, 0.29) is 21.4 Å². The normalized spacial score (nSPS) is 21.1. The van der Waals surface area contributed by atoms with Gasteiger partial charge in [-0.3, -0.25) is 19.2 Å². The number of carbonyl (C=O) groups is 4. The first-order chi connectivity index (χ1) is 16.6. The number of aliphatic carboxylic acids is 2. The highest BCUT2D eigenvalue weighted by Crippen LogP contribution is 2.31. The second kappa shape index (κ2) is 12.0. The summed E-state index contributed by atoms with van der Waals surface area (Å²) >= 11 is 0. The van der Waals surface area contributed by atoms with E-state index < -0.39 is 44.4 Å². The van der Waals surface area contributed by atoms with Gasteiger partial charge in [0, 0.05) is 31.8 Å². The lowest BCUT2D eigenvalue weighted by Gasteiger charge is -2.20. The number of rotatable bonds is 12. The third-order valence-corrected chi connectivity index (χ3v) is 9.06. The van der Waals surface area contributed by atoms with Crippen LogP contribution < -0.4 is 0 Å². The molecule has 0 spiro atoms. The number of carboxylic acids is 2. The van der Waals surface area contributed by atoms with Crippen LogP contribution in [0.1, 0.15) is 66.2 Å². The van der Waals surface area contributed by atoms with E-state index in [1.165, 1.54) is 36.5 Å². The van der Waals surface area contributed by atoms with Crippen LogP contribution in [0, 0.1) is 10.8 Å². The first-order valence-corrected chi connectivity index (χ1v) is 13.8. The molecule has 36 heavy (non-hydrogen) atoms. The molecule has 0 saturated heterocycles. The standard InChI is InChI=1S/C26H32O8S2/c1-25(2,23(29)30)11-5-7-19-13-17(27)15-21(35(19)33)9-10-22-16-18(28)14-20(36(22)34)8-6-12-26(3,4)24(31)32/h9-10,13-16H,5-8,11-12H2,1-4H3,(H,29,30)(H,31,32)/b10-9-. The van der Waals surface area contributed by atoms with E-state index in [1.54, 1.807) is 27.7 Å². The van der Waals surface area contributed by atoms with Crippen molar-refractivity contribution in [2.45, 2.75) is 66.2 Å². The molecule has 8 nitrogen and oxygen atoms in total. The van der Waals surface area contributed by atoms with Gasteiger partial charge in [0.25, 0.3) is 0 Å². The molecule has 2 aliphatic heterocycles. The summed E-state index contributed by atoms with van der Waals surface area (Å²) in [4.78, 5) is 48.1. The van der Waals surface area contributed by atoms with Crippen molar-refractivity contribution >= 4 is 45.1 Å². The Morgan fingerprint density at radius 2 is 1.06 bits per heavy atom. The summed E-state index contributed by atoms with van der Waals surface area (Å²) in [6.07, 6.45) is 10.0. The zero-order chi connectivity index (χ0) is 27.3. The van der Waals surface area contributed by atoms with Crippen molar-refractivity contribution in [1.82, 2.24) is 0 Å². The summed E-state index contributed by atoms with van der Waals surface area (Å²) in [5, 5.41) is 18.5. The zero-order valence-electron chi connectivity index (χ0n) is 20.9. The Bertz CT molecular complexity index is 1070. The Kier molecular flexibility index (Phi) is 9.85. The lowest BCUT2D eigenvalue weighted by atomic mass is 9.87. The average Bonchev–Trinajstić information content (AvgIpc) is 2.76. The highest BCUT2D eigenvalue weighted by molar-refractivity contribution is 7.93. The van der Waals surface area contributed by atoms with E-state index in [4.69, 9.17) is 0 Å². The maximum absolute atomic E-state index is 13.0. The molecule has 0 aliphatic carbocycles. The van der Waals surface area contributed by atoms with E-state index in [1.807, 2.05) is 0 Å². The molecule has 2 heterocycles. The van der Waals surface area contributed by atoms with Crippen LogP contribution in [0.2, 0.25) is 0 Å². The number of allylic oxidation sites excluding steroid dienone is 8. The molecular weight excluding hydrogens is 504 g/mol. The van der Waals surface area contributed by atoms with Crippen molar-refractivity contribution in [1.29, 1.82) is 0 Å². The smallest absolute Gasteiger partial charge is 0.309 e. The van der Waals surface area contributed by atoms with Crippen LogP contribution in [-0.2, 0) is 40.8 Å². The molecule has 10 heteroatoms. The summed E-state index contributed by atoms with van der Waals surface area (Å²) in [6, 6.07) is 0. The van der Waals surface area contributed by atoms with Crippen molar-refractivity contribution in [2.75, 3.05) is 0 Å². The Labute approximate surface area is 215 Å². The minimum atomic E-state index is -1.64. The second-order valence-corrected chi connectivity index (χ2v) is 13.1. The molecule has 0 amide bonds. The summed E-state index contributed by atoms with van der Waals surface area (Å²) in [5.74, 6) is -2.55. The maximum atomic E-state index is 13.0. The van der Waals surface area contributed by atoms with Crippen LogP contribution in [-0.4, -0.2) is 42.1 Å². The number of ketones is 2. The van der Waals surface area contributed by atoms with Crippen LogP contribution >= 0.6 is 0 Å². The average molecular weight is 537 g/mol. The Morgan fingerprint density at radius 1 is 0.722 bits per heavy atom. The number of hydrogen-bond donors (Lipinski definition) is 2. The molecule has 0 aromatic rings. The summed E-state index contributed by atoms with van der Waals surface area (Å²) in [6.45, 7) is 6.43. The molecule has 0 bridgehead atoms. The molecule has 2 N–H and O–H groups in total. The lowest BCUT2D eigenvalue weighted by Crippen LogP contribution is -2.23. The van der Waals surface area contributed by atoms with Crippen LogP contribution in [0.25, 0.3) is 0 Å². The van der Waals surface area contributed by atoms with Gasteiger partial charge in [-0.25, -0.2) is 8.42 Å². The minimum Gasteiger partial charge on any atom is -0.481 e. The summed E-state index contributed by atoms with van der Waals surface area (Å²) in [7, 11) is -3.28. The molecule has 0 aromatic carbocycles. The van der Waals surface area contributed by atoms with Gasteiger partial charge in [-0.1, -0.05) is 0 Å². The van der Waals surface area contributed by atoms with Crippen LogP contribution in [0.4, 0.5) is 0 Å². The maximum Gasteiger partial charge on any atom is 0.309 e. The summed E-state index contributed by atoms with van der Waals surface area (Å²) < 4.78 is 25.9. The molecule has 0 aromatic heterocycles. The number of hydrogen-bond acceptors (Lipinski definition) is 6. The summed E-state index contributed by atoms with van der Waals surface area (Å²) in [5.41, 5.74) is -1.87. The Balaban J connectivity index is 2.05. The molecule has 0 fully saturated rings. The molecule has 196 valence electrons. The predicted octanol–water partition coefficient (Wildman–Crippen LogP) is 4.30. The van der Waals surface area contributed by atoms with Crippen molar-refractivity contribution < 1.29 is 37.8 Å². The van der Waals surface area contributed by atoms with Gasteiger partial charge in [0.15, 0.2) is 11.6 Å². The minimum absolute atomic E-state index is 0.208. The van der Waals surface area contributed by atoms with Gasteiger partial charge in [0.2, 0.25) is 0 Å². The molecule has 2 atom stereocenters. The van der Waals surface area contributed by atoms with E-state index >= 15 is 0 Å². The zero-order valence-corrected chi connectivity index (χ0v) is 22.5. The third-order valence-electron chi connectivity index (χ3n) is 6.10.